The first-order valence-electron chi connectivity index (χ1n) is 11.4. The maximum absolute atomic E-state index is 13.5. The smallest absolute Gasteiger partial charge is 0.331 e. The predicted octanol–water partition coefficient (Wildman–Crippen LogP) is 3.29. The Morgan fingerprint density at radius 3 is 2.16 bits per heavy atom. The van der Waals surface area contributed by atoms with Crippen LogP contribution in [0.2, 0.25) is 0 Å². The summed E-state index contributed by atoms with van der Waals surface area (Å²) in [5, 5.41) is 12.3. The zero-order valence-electron chi connectivity index (χ0n) is 20.9. The summed E-state index contributed by atoms with van der Waals surface area (Å²) in [6, 6.07) is -1.06. The van der Waals surface area contributed by atoms with Crippen LogP contribution < -0.4 is 5.32 Å². The molecule has 0 aliphatic carbocycles. The van der Waals surface area contributed by atoms with E-state index >= 15 is 0 Å². The van der Waals surface area contributed by atoms with E-state index in [0.717, 1.165) is 25.8 Å². The van der Waals surface area contributed by atoms with Crippen molar-refractivity contribution >= 4 is 17.8 Å². The Morgan fingerprint density at radius 2 is 1.71 bits per heavy atom. The molecule has 0 radical (unpaired) electrons. The van der Waals surface area contributed by atoms with Gasteiger partial charge in [-0.25, -0.2) is 4.79 Å². The SMILES string of the molecule is C/C(=C\[C@@H](C(C)C)N(C)C(=O)[C@H](NC(=O)[C@@H]1CCCCN1C(C)C)C(C)(C)C)C(=O)O. The van der Waals surface area contributed by atoms with E-state index < -0.39 is 17.4 Å². The summed E-state index contributed by atoms with van der Waals surface area (Å²) in [7, 11) is 1.69. The molecule has 1 heterocycles. The van der Waals surface area contributed by atoms with Crippen LogP contribution in [0.25, 0.3) is 0 Å². The minimum absolute atomic E-state index is 0.0225. The first-order valence-corrected chi connectivity index (χ1v) is 11.4. The summed E-state index contributed by atoms with van der Waals surface area (Å²) in [5.74, 6) is -1.29. The third-order valence-electron chi connectivity index (χ3n) is 6.15. The molecular formula is C24H43N3O4. The molecule has 0 aromatic rings. The van der Waals surface area contributed by atoms with Gasteiger partial charge in [-0.15, -0.1) is 0 Å². The number of nitrogens with zero attached hydrogens (tertiary/aromatic N) is 2. The summed E-state index contributed by atoms with van der Waals surface area (Å²) in [6.45, 7) is 16.3. The molecule has 0 spiro atoms. The quantitative estimate of drug-likeness (QED) is 0.569. The van der Waals surface area contributed by atoms with Crippen molar-refractivity contribution in [2.45, 2.75) is 98.8 Å². The second-order valence-corrected chi connectivity index (χ2v) is 10.5. The minimum atomic E-state index is -1.00. The number of hydrogen-bond donors (Lipinski definition) is 2. The van der Waals surface area contributed by atoms with Crippen molar-refractivity contribution in [1.82, 2.24) is 15.1 Å². The second kappa shape index (κ2) is 11.1. The van der Waals surface area contributed by atoms with Gasteiger partial charge in [0.2, 0.25) is 11.8 Å². The Morgan fingerprint density at radius 1 is 1.13 bits per heavy atom. The summed E-state index contributed by atoms with van der Waals surface area (Å²) in [5.41, 5.74) is -0.296. The van der Waals surface area contributed by atoms with Crippen LogP contribution >= 0.6 is 0 Å². The third-order valence-corrected chi connectivity index (χ3v) is 6.15. The Bertz CT molecular complexity index is 679. The van der Waals surface area contributed by atoms with Crippen LogP contribution in [0.15, 0.2) is 11.6 Å². The summed E-state index contributed by atoms with van der Waals surface area (Å²) in [6.07, 6.45) is 4.50. The van der Waals surface area contributed by atoms with E-state index in [1.54, 1.807) is 18.0 Å². The highest BCUT2D eigenvalue weighted by molar-refractivity contribution is 5.91. The molecule has 7 heteroatoms. The number of carboxylic acid groups (broad SMARTS) is 1. The lowest BCUT2D eigenvalue weighted by molar-refractivity contribution is -0.142. The van der Waals surface area contributed by atoms with Gasteiger partial charge in [0, 0.05) is 18.7 Å². The molecule has 0 aromatic carbocycles. The topological polar surface area (TPSA) is 90.0 Å². The van der Waals surface area contributed by atoms with Gasteiger partial charge in [-0.2, -0.15) is 0 Å². The molecule has 31 heavy (non-hydrogen) atoms. The highest BCUT2D eigenvalue weighted by Gasteiger charge is 2.39. The van der Waals surface area contributed by atoms with E-state index in [0.29, 0.717) is 0 Å². The molecule has 0 aromatic heterocycles. The van der Waals surface area contributed by atoms with Crippen LogP contribution in [0.3, 0.4) is 0 Å². The number of hydrogen-bond acceptors (Lipinski definition) is 4. The van der Waals surface area contributed by atoms with Gasteiger partial charge in [-0.1, -0.05) is 47.1 Å². The average molecular weight is 438 g/mol. The van der Waals surface area contributed by atoms with Crippen molar-refractivity contribution in [1.29, 1.82) is 0 Å². The third kappa shape index (κ3) is 7.34. The van der Waals surface area contributed by atoms with Crippen molar-refractivity contribution < 1.29 is 19.5 Å². The standard InChI is InChI=1S/C24H43N3O4/c1-15(2)19(14-17(5)23(30)31)26(9)22(29)20(24(6,7)8)25-21(28)18-12-10-11-13-27(18)16(3)4/h14-16,18-20H,10-13H2,1-9H3,(H,25,28)(H,30,31)/b17-14+/t18-,19-,20-/m0/s1. The summed E-state index contributed by atoms with van der Waals surface area (Å²) in [4.78, 5) is 41.9. The zero-order valence-corrected chi connectivity index (χ0v) is 20.9. The molecule has 7 nitrogen and oxygen atoms in total. The Kier molecular flexibility index (Phi) is 9.73. The Hall–Kier alpha value is -1.89. The van der Waals surface area contributed by atoms with Gasteiger partial charge < -0.3 is 15.3 Å². The monoisotopic (exact) mass is 437 g/mol. The molecule has 1 saturated heterocycles. The molecule has 3 atom stereocenters. The molecule has 0 saturated carbocycles. The first-order chi connectivity index (χ1) is 14.2. The number of rotatable bonds is 8. The molecule has 0 bridgehead atoms. The van der Waals surface area contributed by atoms with Crippen LogP contribution in [-0.2, 0) is 14.4 Å². The van der Waals surface area contributed by atoms with Crippen molar-refractivity contribution in [2.75, 3.05) is 13.6 Å². The molecular weight excluding hydrogens is 394 g/mol. The van der Waals surface area contributed by atoms with Gasteiger partial charge in [-0.05, 0) is 51.5 Å². The minimum Gasteiger partial charge on any atom is -0.478 e. The highest BCUT2D eigenvalue weighted by Crippen LogP contribution is 2.25. The number of carbonyl (C=O) groups excluding carboxylic acids is 2. The van der Waals surface area contributed by atoms with E-state index in [4.69, 9.17) is 0 Å². The fraction of sp³-hybridized carbons (Fsp3) is 0.792. The van der Waals surface area contributed by atoms with E-state index in [1.165, 1.54) is 6.92 Å². The van der Waals surface area contributed by atoms with Crippen LogP contribution in [0.5, 0.6) is 0 Å². The van der Waals surface area contributed by atoms with Crippen LogP contribution in [-0.4, -0.2) is 70.4 Å². The van der Waals surface area contributed by atoms with Gasteiger partial charge in [0.1, 0.15) is 6.04 Å². The number of amides is 2. The number of nitrogens with one attached hydrogen (secondary N) is 1. The average Bonchev–Trinajstić information content (AvgIpc) is 2.67. The second-order valence-electron chi connectivity index (χ2n) is 10.5. The van der Waals surface area contributed by atoms with E-state index in [2.05, 4.69) is 24.1 Å². The van der Waals surface area contributed by atoms with Crippen LogP contribution in [0.1, 0.15) is 74.7 Å². The van der Waals surface area contributed by atoms with Gasteiger partial charge in [0.05, 0.1) is 12.1 Å². The van der Waals surface area contributed by atoms with Crippen LogP contribution in [0.4, 0.5) is 0 Å². The molecule has 1 aliphatic rings. The van der Waals surface area contributed by atoms with E-state index in [1.807, 2.05) is 34.6 Å². The molecule has 178 valence electrons. The normalized spacial score (nSPS) is 20.5. The van der Waals surface area contributed by atoms with Crippen molar-refractivity contribution in [3.05, 3.63) is 11.6 Å². The lowest BCUT2D eigenvalue weighted by Crippen LogP contribution is -2.60. The van der Waals surface area contributed by atoms with Crippen molar-refractivity contribution in [2.24, 2.45) is 11.3 Å². The Labute approximate surface area is 188 Å². The van der Waals surface area contributed by atoms with Crippen LogP contribution in [0, 0.1) is 11.3 Å². The first kappa shape index (κ1) is 27.1. The number of likely N-dealkylation sites (N-methyl/N-ethyl adjacent to an activating group) is 1. The summed E-state index contributed by atoms with van der Waals surface area (Å²) >= 11 is 0. The number of piperidine rings is 1. The molecule has 1 fully saturated rings. The molecule has 1 rings (SSSR count). The van der Waals surface area contributed by atoms with Gasteiger partial charge >= 0.3 is 5.97 Å². The van der Waals surface area contributed by atoms with Gasteiger partial charge in [-0.3, -0.25) is 14.5 Å². The van der Waals surface area contributed by atoms with Crippen molar-refractivity contribution in [3.8, 4) is 0 Å². The maximum atomic E-state index is 13.5. The molecule has 0 unspecified atom stereocenters. The van der Waals surface area contributed by atoms with Crippen molar-refractivity contribution in [3.63, 3.8) is 0 Å². The van der Waals surface area contributed by atoms with Gasteiger partial charge in [0.15, 0.2) is 0 Å². The van der Waals surface area contributed by atoms with E-state index in [-0.39, 0.29) is 41.4 Å². The fourth-order valence-electron chi connectivity index (χ4n) is 4.17. The van der Waals surface area contributed by atoms with E-state index in [9.17, 15) is 19.5 Å². The lowest BCUT2D eigenvalue weighted by atomic mass is 9.84. The number of aliphatic carboxylic acids is 1. The molecule has 2 amide bonds. The lowest BCUT2D eigenvalue weighted by Gasteiger charge is -2.41. The Balaban J connectivity index is 3.15. The van der Waals surface area contributed by atoms with Gasteiger partial charge in [0.25, 0.3) is 0 Å². The molecule has 1 aliphatic heterocycles. The number of carboxylic acids is 1. The maximum Gasteiger partial charge on any atom is 0.331 e. The largest absolute Gasteiger partial charge is 0.478 e. The number of carbonyl (C=O) groups is 3. The highest BCUT2D eigenvalue weighted by atomic mass is 16.4. The fourth-order valence-corrected chi connectivity index (χ4v) is 4.17. The summed E-state index contributed by atoms with van der Waals surface area (Å²) < 4.78 is 0. The predicted molar refractivity (Wildman–Crippen MR) is 124 cm³/mol. The molecule has 2 N–H and O–H groups in total. The number of likely N-dealkylation sites (tertiary alicyclic amines) is 1. The zero-order chi connectivity index (χ0) is 24.1.